The average Bonchev–Trinajstić information content (AvgIpc) is 2.68. The zero-order valence-electron chi connectivity index (χ0n) is 10.7. The van der Waals surface area contributed by atoms with Crippen LogP contribution in [0, 0.1) is 5.92 Å². The first-order valence-corrected chi connectivity index (χ1v) is 7.43. The smallest absolute Gasteiger partial charge is 0.0931 e. The third-order valence-corrected chi connectivity index (χ3v) is 5.01. The fourth-order valence-corrected chi connectivity index (χ4v) is 3.54. The van der Waals surface area contributed by atoms with E-state index < -0.39 is 0 Å². The molecule has 0 aromatic carbocycles. The van der Waals surface area contributed by atoms with Crippen molar-refractivity contribution in [1.82, 2.24) is 10.2 Å². The monoisotopic (exact) mass is 272 g/mol. The second-order valence-electron chi connectivity index (χ2n) is 5.19. The minimum Gasteiger partial charge on any atom is -0.309 e. The Morgan fingerprint density at radius 3 is 2.88 bits per heavy atom. The van der Waals surface area contributed by atoms with Crippen LogP contribution in [0.4, 0.5) is 0 Å². The largest absolute Gasteiger partial charge is 0.309 e. The van der Waals surface area contributed by atoms with Gasteiger partial charge in [0.05, 0.1) is 4.34 Å². The predicted molar refractivity (Wildman–Crippen MR) is 75.8 cm³/mol. The quantitative estimate of drug-likeness (QED) is 0.909. The maximum absolute atomic E-state index is 5.94. The topological polar surface area (TPSA) is 15.3 Å². The molecule has 1 fully saturated rings. The second kappa shape index (κ2) is 5.70. The number of hydrogen-bond acceptors (Lipinski definition) is 3. The van der Waals surface area contributed by atoms with Crippen LogP contribution in [0.5, 0.6) is 0 Å². The van der Waals surface area contributed by atoms with Crippen LogP contribution in [-0.4, -0.2) is 30.6 Å². The molecule has 2 nitrogen and oxygen atoms in total. The summed E-state index contributed by atoms with van der Waals surface area (Å²) in [5.41, 5.74) is 0. The molecule has 17 heavy (non-hydrogen) atoms. The van der Waals surface area contributed by atoms with Gasteiger partial charge >= 0.3 is 0 Å². The predicted octanol–water partition coefficient (Wildman–Crippen LogP) is 3.22. The van der Waals surface area contributed by atoms with E-state index in [1.807, 2.05) is 6.07 Å². The molecule has 0 aliphatic carbocycles. The Kier molecular flexibility index (Phi) is 4.47. The van der Waals surface area contributed by atoms with E-state index in [0.717, 1.165) is 10.9 Å². The van der Waals surface area contributed by atoms with Crippen LogP contribution < -0.4 is 5.32 Å². The van der Waals surface area contributed by atoms with Gasteiger partial charge in [0.1, 0.15) is 0 Å². The third kappa shape index (κ3) is 3.44. The van der Waals surface area contributed by atoms with E-state index in [0.29, 0.717) is 18.0 Å². The van der Waals surface area contributed by atoms with Gasteiger partial charge in [-0.2, -0.15) is 0 Å². The summed E-state index contributed by atoms with van der Waals surface area (Å²) in [5.74, 6) is 0.714. The fourth-order valence-electron chi connectivity index (χ4n) is 2.50. The van der Waals surface area contributed by atoms with Crippen LogP contribution in [0.1, 0.15) is 25.1 Å². The van der Waals surface area contributed by atoms with Gasteiger partial charge in [-0.15, -0.1) is 11.3 Å². The molecule has 0 radical (unpaired) electrons. The molecule has 4 heteroatoms. The summed E-state index contributed by atoms with van der Waals surface area (Å²) in [6, 6.07) is 5.39. The summed E-state index contributed by atoms with van der Waals surface area (Å²) in [4.78, 5) is 3.78. The molecule has 0 spiro atoms. The first kappa shape index (κ1) is 13.3. The van der Waals surface area contributed by atoms with Crippen molar-refractivity contribution >= 4 is 22.9 Å². The SMILES string of the molecule is CC1CN(C)C(C)CC1NCc1ccc(Cl)s1. The first-order valence-electron chi connectivity index (χ1n) is 6.24. The Hall–Kier alpha value is -0.0900. The highest BCUT2D eigenvalue weighted by molar-refractivity contribution is 7.16. The van der Waals surface area contributed by atoms with Crippen LogP contribution in [-0.2, 0) is 6.54 Å². The van der Waals surface area contributed by atoms with Crippen molar-refractivity contribution in [3.8, 4) is 0 Å². The minimum absolute atomic E-state index is 0.627. The summed E-state index contributed by atoms with van der Waals surface area (Å²) in [5, 5.41) is 3.68. The highest BCUT2D eigenvalue weighted by Gasteiger charge is 2.28. The van der Waals surface area contributed by atoms with E-state index >= 15 is 0 Å². The van der Waals surface area contributed by atoms with Gasteiger partial charge in [0, 0.05) is 30.1 Å². The second-order valence-corrected chi connectivity index (χ2v) is 6.99. The summed E-state index contributed by atoms with van der Waals surface area (Å²) >= 11 is 7.61. The van der Waals surface area contributed by atoms with Gasteiger partial charge in [0.15, 0.2) is 0 Å². The fraction of sp³-hybridized carbons (Fsp3) is 0.692. The Labute approximate surface area is 113 Å². The van der Waals surface area contributed by atoms with Crippen molar-refractivity contribution < 1.29 is 0 Å². The lowest BCUT2D eigenvalue weighted by Gasteiger charge is -2.40. The highest BCUT2D eigenvalue weighted by atomic mass is 35.5. The molecule has 0 bridgehead atoms. The molecule has 2 heterocycles. The van der Waals surface area contributed by atoms with Gasteiger partial charge in [0.2, 0.25) is 0 Å². The maximum Gasteiger partial charge on any atom is 0.0931 e. The normalized spacial score (nSPS) is 30.7. The molecule has 1 aliphatic heterocycles. The summed E-state index contributed by atoms with van der Waals surface area (Å²) in [6.07, 6.45) is 1.23. The van der Waals surface area contributed by atoms with E-state index in [4.69, 9.17) is 11.6 Å². The van der Waals surface area contributed by atoms with Gasteiger partial charge in [0.25, 0.3) is 0 Å². The average molecular weight is 273 g/mol. The van der Waals surface area contributed by atoms with Crippen LogP contribution in [0.3, 0.4) is 0 Å². The van der Waals surface area contributed by atoms with E-state index in [9.17, 15) is 0 Å². The summed E-state index contributed by atoms with van der Waals surface area (Å²) in [7, 11) is 2.22. The molecule has 2 rings (SSSR count). The minimum atomic E-state index is 0.627. The number of nitrogens with one attached hydrogen (secondary N) is 1. The van der Waals surface area contributed by atoms with Gasteiger partial charge in [-0.1, -0.05) is 18.5 Å². The van der Waals surface area contributed by atoms with E-state index in [2.05, 4.69) is 37.2 Å². The van der Waals surface area contributed by atoms with Gasteiger partial charge < -0.3 is 10.2 Å². The van der Waals surface area contributed by atoms with E-state index in [-0.39, 0.29) is 0 Å². The highest BCUT2D eigenvalue weighted by Crippen LogP contribution is 2.24. The zero-order valence-corrected chi connectivity index (χ0v) is 12.3. The number of rotatable bonds is 3. The molecule has 1 aliphatic rings. The van der Waals surface area contributed by atoms with Crippen molar-refractivity contribution in [1.29, 1.82) is 0 Å². The third-order valence-electron chi connectivity index (χ3n) is 3.78. The van der Waals surface area contributed by atoms with Crippen molar-refractivity contribution in [2.75, 3.05) is 13.6 Å². The first-order chi connectivity index (χ1) is 8.06. The molecule has 3 unspecified atom stereocenters. The van der Waals surface area contributed by atoms with Crippen molar-refractivity contribution in [2.24, 2.45) is 5.92 Å². The molecule has 1 saturated heterocycles. The van der Waals surface area contributed by atoms with Crippen LogP contribution >= 0.6 is 22.9 Å². The molecular formula is C13H21ClN2S. The van der Waals surface area contributed by atoms with Crippen molar-refractivity contribution in [3.05, 3.63) is 21.3 Å². The lowest BCUT2D eigenvalue weighted by atomic mass is 9.90. The number of hydrogen-bond donors (Lipinski definition) is 1. The lowest BCUT2D eigenvalue weighted by molar-refractivity contribution is 0.121. The molecule has 0 amide bonds. The van der Waals surface area contributed by atoms with E-state index in [1.54, 1.807) is 11.3 Å². The number of piperidine rings is 1. The lowest BCUT2D eigenvalue weighted by Crippen LogP contribution is -2.50. The van der Waals surface area contributed by atoms with Crippen molar-refractivity contribution in [3.63, 3.8) is 0 Å². The Morgan fingerprint density at radius 2 is 2.24 bits per heavy atom. The number of likely N-dealkylation sites (tertiary alicyclic amines) is 1. The Balaban J connectivity index is 1.86. The number of thiophene rings is 1. The molecule has 96 valence electrons. The standard InChI is InChI=1S/C13H21ClN2S/c1-9-8-16(3)10(2)6-12(9)15-7-11-4-5-13(14)17-11/h4-5,9-10,12,15H,6-8H2,1-3H3. The maximum atomic E-state index is 5.94. The molecule has 1 N–H and O–H groups in total. The van der Waals surface area contributed by atoms with Gasteiger partial charge in [-0.3, -0.25) is 0 Å². The Bertz CT molecular complexity index is 366. The summed E-state index contributed by atoms with van der Waals surface area (Å²) < 4.78 is 0.881. The molecular weight excluding hydrogens is 252 g/mol. The molecule has 0 saturated carbocycles. The Morgan fingerprint density at radius 1 is 1.47 bits per heavy atom. The van der Waals surface area contributed by atoms with Gasteiger partial charge in [-0.25, -0.2) is 0 Å². The number of halogens is 1. The zero-order chi connectivity index (χ0) is 12.4. The van der Waals surface area contributed by atoms with Crippen LogP contribution in [0.25, 0.3) is 0 Å². The van der Waals surface area contributed by atoms with Crippen molar-refractivity contribution in [2.45, 2.75) is 38.9 Å². The molecule has 1 aromatic heterocycles. The summed E-state index contributed by atoms with van der Waals surface area (Å²) in [6.45, 7) is 6.77. The van der Waals surface area contributed by atoms with Crippen LogP contribution in [0.15, 0.2) is 12.1 Å². The number of nitrogens with zero attached hydrogens (tertiary/aromatic N) is 1. The van der Waals surface area contributed by atoms with Crippen LogP contribution in [0.2, 0.25) is 4.34 Å². The molecule has 1 aromatic rings. The molecule has 3 atom stereocenters. The van der Waals surface area contributed by atoms with Gasteiger partial charge in [-0.05, 0) is 38.4 Å². The van der Waals surface area contributed by atoms with E-state index in [1.165, 1.54) is 17.8 Å².